The molecule has 0 radical (unpaired) electrons. The third-order valence-electron chi connectivity index (χ3n) is 2.56. The Morgan fingerprint density at radius 3 is 2.60 bits per heavy atom. The van der Waals surface area contributed by atoms with Crippen LogP contribution in [0, 0.1) is 5.92 Å². The van der Waals surface area contributed by atoms with Crippen LogP contribution in [0.15, 0.2) is 27.3 Å². The molecule has 0 fully saturated rings. The number of rotatable bonds is 4. The number of hydrogen-bond donors (Lipinski definition) is 2. The molecule has 5 nitrogen and oxygen atoms in total. The molecule has 2 aromatic rings. The van der Waals surface area contributed by atoms with Crippen LogP contribution in [0.2, 0.25) is 0 Å². The second-order valence-corrected chi connectivity index (χ2v) is 6.56. The van der Waals surface area contributed by atoms with E-state index in [0.717, 1.165) is 21.1 Å². The molecule has 0 saturated carbocycles. The van der Waals surface area contributed by atoms with E-state index in [-0.39, 0.29) is 0 Å². The summed E-state index contributed by atoms with van der Waals surface area (Å²) in [5, 5.41) is 0. The minimum atomic E-state index is 0.504. The molecule has 2 heterocycles. The molecule has 0 aromatic carbocycles. The Morgan fingerprint density at radius 1 is 1.25 bits per heavy atom. The Bertz CT molecular complexity index is 616. The zero-order valence-electron chi connectivity index (χ0n) is 11.2. The first-order chi connectivity index (χ1) is 9.49. The number of hydrogen-bond acceptors (Lipinski definition) is 5. The van der Waals surface area contributed by atoms with E-state index in [1.165, 1.54) is 0 Å². The fraction of sp³-hybridized carbons (Fsp3) is 0.308. The molecule has 0 aliphatic rings. The largest absolute Gasteiger partial charge is 0.308 e. The highest BCUT2D eigenvalue weighted by molar-refractivity contribution is 9.11. The molecule has 0 atom stereocenters. The Hall–Kier alpha value is -1.05. The van der Waals surface area contributed by atoms with E-state index in [9.17, 15) is 0 Å². The summed E-state index contributed by atoms with van der Waals surface area (Å²) in [5.74, 6) is 7.12. The molecule has 106 valence electrons. The van der Waals surface area contributed by atoms with Crippen LogP contribution in [0.1, 0.15) is 19.5 Å². The smallest absolute Gasteiger partial charge is 0.181 e. The first kappa shape index (κ1) is 15.3. The zero-order chi connectivity index (χ0) is 14.7. The zero-order valence-corrected chi connectivity index (χ0v) is 14.4. The van der Waals surface area contributed by atoms with Gasteiger partial charge in [0.05, 0.1) is 0 Å². The van der Waals surface area contributed by atoms with E-state index >= 15 is 0 Å². The summed E-state index contributed by atoms with van der Waals surface area (Å²) in [6.45, 7) is 4.29. The van der Waals surface area contributed by atoms with Gasteiger partial charge in [0.1, 0.15) is 11.5 Å². The van der Waals surface area contributed by atoms with E-state index in [4.69, 9.17) is 5.84 Å². The maximum Gasteiger partial charge on any atom is 0.181 e. The van der Waals surface area contributed by atoms with Gasteiger partial charge in [-0.3, -0.25) is 4.98 Å². The van der Waals surface area contributed by atoms with Gasteiger partial charge >= 0.3 is 0 Å². The monoisotopic (exact) mass is 399 g/mol. The SMILES string of the molecule is CC(C)Cc1cc(NN)nc(-c2ncc(Br)cc2Br)n1. The topological polar surface area (TPSA) is 76.7 Å². The van der Waals surface area contributed by atoms with E-state index < -0.39 is 0 Å². The van der Waals surface area contributed by atoms with Gasteiger partial charge in [-0.05, 0) is 50.3 Å². The van der Waals surface area contributed by atoms with Crippen molar-refractivity contribution >= 4 is 37.7 Å². The van der Waals surface area contributed by atoms with Gasteiger partial charge in [0.25, 0.3) is 0 Å². The van der Waals surface area contributed by atoms with Crippen molar-refractivity contribution in [3.05, 3.63) is 33.0 Å². The summed E-state index contributed by atoms with van der Waals surface area (Å²) < 4.78 is 1.72. The molecule has 0 bridgehead atoms. The van der Waals surface area contributed by atoms with E-state index in [2.05, 4.69) is 66.1 Å². The number of pyridine rings is 1. The van der Waals surface area contributed by atoms with Crippen LogP contribution in [-0.2, 0) is 6.42 Å². The molecule has 7 heteroatoms. The standard InChI is InChI=1S/C13H15Br2N5/c1-7(2)3-9-5-11(20-16)19-13(18-9)12-10(15)4-8(14)6-17-12/h4-7H,3,16H2,1-2H3,(H,18,19,20). The van der Waals surface area contributed by atoms with Crippen LogP contribution >= 0.6 is 31.9 Å². The number of halogens is 2. The third kappa shape index (κ3) is 3.74. The number of anilines is 1. The predicted molar refractivity (Wildman–Crippen MR) is 87.0 cm³/mol. The molecule has 2 aromatic heterocycles. The number of nitrogens with zero attached hydrogens (tertiary/aromatic N) is 3. The first-order valence-electron chi connectivity index (χ1n) is 6.15. The number of aromatic nitrogens is 3. The summed E-state index contributed by atoms with van der Waals surface area (Å²) in [5.41, 5.74) is 4.21. The van der Waals surface area contributed by atoms with Crippen molar-refractivity contribution in [3.8, 4) is 11.5 Å². The van der Waals surface area contributed by atoms with Crippen LogP contribution in [0.3, 0.4) is 0 Å². The molecule has 20 heavy (non-hydrogen) atoms. The number of hydrazine groups is 1. The van der Waals surface area contributed by atoms with Crippen molar-refractivity contribution < 1.29 is 0 Å². The summed E-state index contributed by atoms with van der Waals surface area (Å²) in [6.07, 6.45) is 2.58. The lowest BCUT2D eigenvalue weighted by Gasteiger charge is -2.10. The molecule has 2 rings (SSSR count). The molecular formula is C13H15Br2N5. The Kier molecular flexibility index (Phi) is 5.06. The molecule has 0 aliphatic heterocycles. The normalized spacial score (nSPS) is 10.9. The fourth-order valence-electron chi connectivity index (χ4n) is 1.78. The van der Waals surface area contributed by atoms with Crippen LogP contribution in [0.5, 0.6) is 0 Å². The van der Waals surface area contributed by atoms with E-state index in [0.29, 0.717) is 23.3 Å². The average Bonchev–Trinajstić information content (AvgIpc) is 2.37. The van der Waals surface area contributed by atoms with Crippen molar-refractivity contribution in [2.75, 3.05) is 5.43 Å². The van der Waals surface area contributed by atoms with Crippen LogP contribution in [0.4, 0.5) is 5.82 Å². The van der Waals surface area contributed by atoms with Crippen molar-refractivity contribution in [1.29, 1.82) is 0 Å². The second kappa shape index (κ2) is 6.60. The van der Waals surface area contributed by atoms with E-state index in [1.54, 1.807) is 6.20 Å². The highest BCUT2D eigenvalue weighted by Gasteiger charge is 2.12. The minimum Gasteiger partial charge on any atom is -0.308 e. The van der Waals surface area contributed by atoms with Crippen LogP contribution in [0.25, 0.3) is 11.5 Å². The maximum atomic E-state index is 5.48. The average molecular weight is 401 g/mol. The first-order valence-corrected chi connectivity index (χ1v) is 7.74. The van der Waals surface area contributed by atoms with Gasteiger partial charge in [-0.25, -0.2) is 15.8 Å². The second-order valence-electron chi connectivity index (χ2n) is 4.79. The molecule has 0 aliphatic carbocycles. The maximum absolute atomic E-state index is 5.48. The lowest BCUT2D eigenvalue weighted by atomic mass is 10.1. The van der Waals surface area contributed by atoms with E-state index in [1.807, 2.05) is 12.1 Å². The molecular weight excluding hydrogens is 386 g/mol. The minimum absolute atomic E-state index is 0.504. The molecule has 0 spiro atoms. The lowest BCUT2D eigenvalue weighted by Crippen LogP contribution is -2.11. The van der Waals surface area contributed by atoms with Gasteiger partial charge < -0.3 is 5.43 Å². The number of nitrogens with two attached hydrogens (primary N) is 1. The summed E-state index contributed by atoms with van der Waals surface area (Å²) >= 11 is 6.86. The third-order valence-corrected chi connectivity index (χ3v) is 3.60. The van der Waals surface area contributed by atoms with Crippen LogP contribution in [-0.4, -0.2) is 15.0 Å². The summed E-state index contributed by atoms with van der Waals surface area (Å²) in [7, 11) is 0. The van der Waals surface area contributed by atoms with Crippen molar-refractivity contribution in [3.63, 3.8) is 0 Å². The molecule has 3 N–H and O–H groups in total. The fourth-order valence-corrected chi connectivity index (χ4v) is 2.94. The molecule has 0 amide bonds. The Labute approximate surface area is 134 Å². The molecule has 0 saturated heterocycles. The van der Waals surface area contributed by atoms with Crippen molar-refractivity contribution in [2.24, 2.45) is 11.8 Å². The quantitative estimate of drug-likeness (QED) is 0.606. The Balaban J connectivity index is 2.49. The van der Waals surface area contributed by atoms with Gasteiger partial charge in [0.2, 0.25) is 0 Å². The van der Waals surface area contributed by atoms with Gasteiger partial charge in [0.15, 0.2) is 5.82 Å². The van der Waals surface area contributed by atoms with Gasteiger partial charge in [0, 0.05) is 26.9 Å². The molecule has 0 unspecified atom stereocenters. The summed E-state index contributed by atoms with van der Waals surface area (Å²) in [6, 6.07) is 3.77. The van der Waals surface area contributed by atoms with Gasteiger partial charge in [-0.2, -0.15) is 0 Å². The Morgan fingerprint density at radius 2 is 2.00 bits per heavy atom. The lowest BCUT2D eigenvalue weighted by molar-refractivity contribution is 0.634. The summed E-state index contributed by atoms with van der Waals surface area (Å²) in [4.78, 5) is 13.3. The number of nitrogens with one attached hydrogen (secondary N) is 1. The van der Waals surface area contributed by atoms with Gasteiger partial charge in [-0.1, -0.05) is 13.8 Å². The number of nitrogen functional groups attached to an aromatic ring is 1. The van der Waals surface area contributed by atoms with Crippen molar-refractivity contribution in [2.45, 2.75) is 20.3 Å². The predicted octanol–water partition coefficient (Wildman–Crippen LogP) is 3.55. The van der Waals surface area contributed by atoms with Crippen LogP contribution < -0.4 is 11.3 Å². The highest BCUT2D eigenvalue weighted by atomic mass is 79.9. The highest BCUT2D eigenvalue weighted by Crippen LogP contribution is 2.27. The van der Waals surface area contributed by atoms with Gasteiger partial charge in [-0.15, -0.1) is 0 Å². The van der Waals surface area contributed by atoms with Crippen molar-refractivity contribution in [1.82, 2.24) is 15.0 Å².